The van der Waals surface area contributed by atoms with Crippen molar-refractivity contribution in [3.05, 3.63) is 29.8 Å². The van der Waals surface area contributed by atoms with E-state index >= 15 is 0 Å². The van der Waals surface area contributed by atoms with Gasteiger partial charge in [-0.05, 0) is 51.7 Å². The first-order chi connectivity index (χ1) is 10.5. The van der Waals surface area contributed by atoms with E-state index in [2.05, 4.69) is 5.32 Å². The van der Waals surface area contributed by atoms with Gasteiger partial charge in [0.1, 0.15) is 5.75 Å². The van der Waals surface area contributed by atoms with Gasteiger partial charge in [-0.25, -0.2) is 0 Å². The molecule has 4 nitrogen and oxygen atoms in total. The highest BCUT2D eigenvalue weighted by Gasteiger charge is 2.37. The molecule has 2 aliphatic rings. The van der Waals surface area contributed by atoms with E-state index in [0.717, 1.165) is 18.6 Å². The van der Waals surface area contributed by atoms with Gasteiger partial charge in [0.25, 0.3) is 5.91 Å². The maximum absolute atomic E-state index is 12.6. The van der Waals surface area contributed by atoms with Crippen molar-refractivity contribution in [2.24, 2.45) is 0 Å². The van der Waals surface area contributed by atoms with Crippen LogP contribution in [0.5, 0.6) is 5.75 Å². The highest BCUT2D eigenvalue weighted by molar-refractivity contribution is 5.85. The minimum absolute atomic E-state index is 0. The van der Waals surface area contributed by atoms with E-state index in [1.807, 2.05) is 50.1 Å². The molecule has 0 radical (unpaired) electrons. The van der Waals surface area contributed by atoms with Gasteiger partial charge in [0.05, 0.1) is 0 Å². The van der Waals surface area contributed by atoms with Gasteiger partial charge in [-0.2, -0.15) is 0 Å². The van der Waals surface area contributed by atoms with E-state index in [1.54, 1.807) is 0 Å². The van der Waals surface area contributed by atoms with Crippen LogP contribution in [0.1, 0.15) is 38.2 Å². The monoisotopic (exact) mass is 338 g/mol. The number of ether oxygens (including phenoxy) is 1. The maximum Gasteiger partial charge on any atom is 0.263 e. The third kappa shape index (κ3) is 4.18. The van der Waals surface area contributed by atoms with Gasteiger partial charge in [-0.15, -0.1) is 12.4 Å². The molecule has 1 aromatic rings. The van der Waals surface area contributed by atoms with Crippen LogP contribution in [0, 0.1) is 6.92 Å². The summed E-state index contributed by atoms with van der Waals surface area (Å²) in [6, 6.07) is 9.37. The fourth-order valence-corrected chi connectivity index (χ4v) is 3.68. The van der Waals surface area contributed by atoms with E-state index in [9.17, 15) is 4.79 Å². The number of hydrogen-bond donors (Lipinski definition) is 1. The Labute approximate surface area is 145 Å². The zero-order chi connectivity index (χ0) is 15.7. The third-order valence-corrected chi connectivity index (χ3v) is 5.03. The molecule has 2 heterocycles. The summed E-state index contributed by atoms with van der Waals surface area (Å²) in [5.74, 6) is 0.831. The van der Waals surface area contributed by atoms with Gasteiger partial charge >= 0.3 is 0 Å². The molecule has 2 saturated heterocycles. The third-order valence-electron chi connectivity index (χ3n) is 5.03. The van der Waals surface area contributed by atoms with Crippen LogP contribution >= 0.6 is 12.4 Å². The van der Waals surface area contributed by atoms with Crippen LogP contribution in [0.3, 0.4) is 0 Å². The molecule has 2 bridgehead atoms. The standard InChI is InChI=1S/C18H26N2O2.ClH/c1-12-4-8-17(9-5-12)22-13(2)18(21)20(3)16-10-14-6-7-15(11-16)19-14;/h4-5,8-9,13-16,19H,6-7,10-11H2,1-3H3;1H. The molecule has 1 N–H and O–H groups in total. The highest BCUT2D eigenvalue weighted by atomic mass is 35.5. The van der Waals surface area contributed by atoms with Crippen LogP contribution in [-0.2, 0) is 4.79 Å². The van der Waals surface area contributed by atoms with Crippen molar-refractivity contribution in [3.8, 4) is 5.75 Å². The SMILES string of the molecule is Cc1ccc(OC(C)C(=O)N(C)C2CC3CCC(C2)N3)cc1.Cl. The number of likely N-dealkylation sites (N-methyl/N-ethyl adjacent to an activating group) is 1. The van der Waals surface area contributed by atoms with E-state index in [4.69, 9.17) is 4.74 Å². The summed E-state index contributed by atoms with van der Waals surface area (Å²) < 4.78 is 5.81. The van der Waals surface area contributed by atoms with Crippen LogP contribution in [0.4, 0.5) is 0 Å². The Hall–Kier alpha value is -1.26. The molecular formula is C18H27ClN2O2. The number of benzene rings is 1. The lowest BCUT2D eigenvalue weighted by atomic mass is 9.98. The van der Waals surface area contributed by atoms with Gasteiger partial charge < -0.3 is 15.0 Å². The number of carbonyl (C=O) groups excluding carboxylic acids is 1. The summed E-state index contributed by atoms with van der Waals surface area (Å²) in [6.07, 6.45) is 4.18. The largest absolute Gasteiger partial charge is 0.481 e. The molecule has 0 aromatic heterocycles. The number of nitrogens with one attached hydrogen (secondary N) is 1. The lowest BCUT2D eigenvalue weighted by Crippen LogP contribution is -2.51. The van der Waals surface area contributed by atoms with Crippen LogP contribution in [0.2, 0.25) is 0 Å². The van der Waals surface area contributed by atoms with Gasteiger partial charge in [-0.3, -0.25) is 4.79 Å². The van der Waals surface area contributed by atoms with E-state index in [-0.39, 0.29) is 18.3 Å². The number of carbonyl (C=O) groups is 1. The molecule has 128 valence electrons. The molecule has 23 heavy (non-hydrogen) atoms. The fourth-order valence-electron chi connectivity index (χ4n) is 3.68. The Morgan fingerprint density at radius 1 is 1.22 bits per heavy atom. The quantitative estimate of drug-likeness (QED) is 0.917. The maximum atomic E-state index is 12.6. The Morgan fingerprint density at radius 3 is 2.35 bits per heavy atom. The van der Waals surface area contributed by atoms with Gasteiger partial charge in [-0.1, -0.05) is 17.7 Å². The molecule has 5 heteroatoms. The summed E-state index contributed by atoms with van der Waals surface area (Å²) in [6.45, 7) is 3.88. The molecule has 0 saturated carbocycles. The lowest BCUT2D eigenvalue weighted by Gasteiger charge is -2.36. The minimum atomic E-state index is -0.444. The topological polar surface area (TPSA) is 41.6 Å². The lowest BCUT2D eigenvalue weighted by molar-refractivity contribution is -0.139. The summed E-state index contributed by atoms with van der Waals surface area (Å²) in [7, 11) is 1.92. The first-order valence-corrected chi connectivity index (χ1v) is 8.29. The number of nitrogens with zero attached hydrogens (tertiary/aromatic N) is 1. The summed E-state index contributed by atoms with van der Waals surface area (Å²) in [4.78, 5) is 14.5. The van der Waals surface area contributed by atoms with Gasteiger partial charge in [0.15, 0.2) is 6.10 Å². The predicted molar refractivity (Wildman–Crippen MR) is 94.3 cm³/mol. The molecule has 0 spiro atoms. The van der Waals surface area contributed by atoms with E-state index < -0.39 is 6.10 Å². The van der Waals surface area contributed by atoms with Crippen molar-refractivity contribution in [3.63, 3.8) is 0 Å². The zero-order valence-electron chi connectivity index (χ0n) is 14.1. The van der Waals surface area contributed by atoms with E-state index in [1.165, 1.54) is 18.4 Å². The predicted octanol–water partition coefficient (Wildman–Crippen LogP) is 2.93. The molecular weight excluding hydrogens is 312 g/mol. The smallest absolute Gasteiger partial charge is 0.263 e. The average Bonchev–Trinajstić information content (AvgIpc) is 2.86. The number of halogens is 1. The summed E-state index contributed by atoms with van der Waals surface area (Å²) >= 11 is 0. The normalized spacial score (nSPS) is 27.0. The first-order valence-electron chi connectivity index (χ1n) is 8.29. The van der Waals surface area contributed by atoms with Crippen molar-refractivity contribution < 1.29 is 9.53 Å². The number of aryl methyl sites for hydroxylation is 1. The molecule has 3 unspecified atom stereocenters. The number of amides is 1. The fraction of sp³-hybridized carbons (Fsp3) is 0.611. The van der Waals surface area contributed by atoms with Crippen LogP contribution in [0.15, 0.2) is 24.3 Å². The van der Waals surface area contributed by atoms with E-state index in [0.29, 0.717) is 18.1 Å². The molecule has 3 atom stereocenters. The number of hydrogen-bond acceptors (Lipinski definition) is 3. The Balaban J connectivity index is 0.00000192. The van der Waals surface area contributed by atoms with Crippen molar-refractivity contribution >= 4 is 18.3 Å². The number of piperidine rings is 1. The molecule has 1 aromatic carbocycles. The van der Waals surface area contributed by atoms with Crippen molar-refractivity contribution in [1.82, 2.24) is 10.2 Å². The van der Waals surface area contributed by atoms with Crippen molar-refractivity contribution in [2.45, 2.75) is 63.8 Å². The highest BCUT2D eigenvalue weighted by Crippen LogP contribution is 2.29. The Morgan fingerprint density at radius 2 is 1.78 bits per heavy atom. The van der Waals surface area contributed by atoms with Crippen LogP contribution < -0.4 is 10.1 Å². The molecule has 2 aliphatic heterocycles. The van der Waals surface area contributed by atoms with Crippen LogP contribution in [-0.4, -0.2) is 42.1 Å². The Bertz CT molecular complexity index is 522. The molecule has 1 amide bonds. The van der Waals surface area contributed by atoms with Gasteiger partial charge in [0, 0.05) is 25.2 Å². The second-order valence-corrected chi connectivity index (χ2v) is 6.79. The zero-order valence-corrected chi connectivity index (χ0v) is 14.9. The van der Waals surface area contributed by atoms with Crippen LogP contribution in [0.25, 0.3) is 0 Å². The number of rotatable bonds is 4. The first kappa shape index (κ1) is 18.1. The second kappa shape index (κ2) is 7.54. The Kier molecular flexibility index (Phi) is 5.93. The second-order valence-electron chi connectivity index (χ2n) is 6.79. The summed E-state index contributed by atoms with van der Waals surface area (Å²) in [5.41, 5.74) is 1.19. The average molecular weight is 339 g/mol. The van der Waals surface area contributed by atoms with Crippen molar-refractivity contribution in [1.29, 1.82) is 0 Å². The molecule has 0 aliphatic carbocycles. The number of fused-ring (bicyclic) bond motifs is 2. The summed E-state index contributed by atoms with van der Waals surface area (Å²) in [5, 5.41) is 3.62. The minimum Gasteiger partial charge on any atom is -0.481 e. The molecule has 2 fully saturated rings. The van der Waals surface area contributed by atoms with Crippen molar-refractivity contribution in [2.75, 3.05) is 7.05 Å². The van der Waals surface area contributed by atoms with Gasteiger partial charge in [0.2, 0.25) is 0 Å². The molecule has 3 rings (SSSR count).